The number of benzene rings is 1. The van der Waals surface area contributed by atoms with Crippen molar-refractivity contribution < 1.29 is 9.90 Å². The van der Waals surface area contributed by atoms with Crippen LogP contribution < -0.4 is 10.6 Å². The summed E-state index contributed by atoms with van der Waals surface area (Å²) in [5.74, 6) is -0.936. The number of nitrogens with one attached hydrogen (secondary N) is 2. The maximum absolute atomic E-state index is 10.6. The van der Waals surface area contributed by atoms with Crippen LogP contribution in [0.1, 0.15) is 24.2 Å². The normalized spacial score (nSPS) is 9.94. The van der Waals surface area contributed by atoms with Crippen molar-refractivity contribution in [2.75, 3.05) is 5.32 Å². The molecule has 0 bridgehead atoms. The molecule has 86 valence electrons. The molecular weight excluding hydrogens is 224 g/mol. The molecule has 1 aromatic carbocycles. The number of aromatic carboxylic acids is 1. The minimum Gasteiger partial charge on any atom is -0.478 e. The second kappa shape index (κ2) is 5.46. The van der Waals surface area contributed by atoms with Crippen molar-refractivity contribution in [3.63, 3.8) is 0 Å². The summed E-state index contributed by atoms with van der Waals surface area (Å²) < 4.78 is 0. The monoisotopic (exact) mass is 238 g/mol. The summed E-state index contributed by atoms with van der Waals surface area (Å²) in [5, 5.41) is 15.2. The van der Waals surface area contributed by atoms with E-state index in [1.54, 1.807) is 12.1 Å². The van der Waals surface area contributed by atoms with Gasteiger partial charge in [0.15, 0.2) is 5.11 Å². The van der Waals surface area contributed by atoms with Crippen LogP contribution in [0.15, 0.2) is 24.3 Å². The van der Waals surface area contributed by atoms with Crippen LogP contribution in [-0.2, 0) is 0 Å². The van der Waals surface area contributed by atoms with Gasteiger partial charge in [0.1, 0.15) is 0 Å². The van der Waals surface area contributed by atoms with E-state index >= 15 is 0 Å². The van der Waals surface area contributed by atoms with Crippen molar-refractivity contribution in [1.82, 2.24) is 5.32 Å². The molecule has 0 heterocycles. The molecular formula is C11H14N2O2S. The van der Waals surface area contributed by atoms with Gasteiger partial charge in [-0.15, -0.1) is 0 Å². The first-order valence-corrected chi connectivity index (χ1v) is 5.30. The molecule has 0 aliphatic rings. The first-order chi connectivity index (χ1) is 7.49. The number of hydrogen-bond acceptors (Lipinski definition) is 2. The lowest BCUT2D eigenvalue weighted by Crippen LogP contribution is -2.33. The van der Waals surface area contributed by atoms with E-state index in [-0.39, 0.29) is 11.6 Å². The third-order valence-electron chi connectivity index (χ3n) is 1.81. The molecule has 0 saturated heterocycles. The fourth-order valence-corrected chi connectivity index (χ4v) is 1.48. The summed E-state index contributed by atoms with van der Waals surface area (Å²) in [7, 11) is 0. The quantitative estimate of drug-likeness (QED) is 0.704. The summed E-state index contributed by atoms with van der Waals surface area (Å²) in [6, 6.07) is 6.68. The number of thiocarbonyl (C=S) groups is 1. The zero-order valence-corrected chi connectivity index (χ0v) is 9.97. The Morgan fingerprint density at radius 3 is 2.31 bits per heavy atom. The molecule has 0 aliphatic carbocycles. The molecule has 0 atom stereocenters. The topological polar surface area (TPSA) is 61.4 Å². The fraction of sp³-hybridized carbons (Fsp3) is 0.273. The van der Waals surface area contributed by atoms with Gasteiger partial charge in [0.05, 0.1) is 5.56 Å². The van der Waals surface area contributed by atoms with Gasteiger partial charge in [-0.25, -0.2) is 4.79 Å². The van der Waals surface area contributed by atoms with Gasteiger partial charge in [-0.05, 0) is 50.3 Å². The Morgan fingerprint density at radius 1 is 1.31 bits per heavy atom. The van der Waals surface area contributed by atoms with Crippen LogP contribution in [0, 0.1) is 0 Å². The molecule has 16 heavy (non-hydrogen) atoms. The smallest absolute Gasteiger partial charge is 0.335 e. The maximum atomic E-state index is 10.6. The van der Waals surface area contributed by atoms with Crippen molar-refractivity contribution in [3.05, 3.63) is 29.8 Å². The molecule has 5 heteroatoms. The van der Waals surface area contributed by atoms with E-state index in [1.165, 1.54) is 12.1 Å². The second-order valence-corrected chi connectivity index (χ2v) is 4.04. The SMILES string of the molecule is CC(C)NC(=S)Nc1ccc(C(=O)O)cc1. The Kier molecular flexibility index (Phi) is 4.25. The van der Waals surface area contributed by atoms with Gasteiger partial charge in [-0.1, -0.05) is 0 Å². The van der Waals surface area contributed by atoms with Crippen LogP contribution in [0.25, 0.3) is 0 Å². The molecule has 0 saturated carbocycles. The number of anilines is 1. The second-order valence-electron chi connectivity index (χ2n) is 3.64. The number of carbonyl (C=O) groups is 1. The summed E-state index contributed by atoms with van der Waals surface area (Å²) in [4.78, 5) is 10.6. The van der Waals surface area contributed by atoms with E-state index in [0.717, 1.165) is 5.69 Å². The van der Waals surface area contributed by atoms with Gasteiger partial charge in [0.2, 0.25) is 0 Å². The molecule has 0 aliphatic heterocycles. The third-order valence-corrected chi connectivity index (χ3v) is 2.03. The minimum atomic E-state index is -0.936. The van der Waals surface area contributed by atoms with E-state index in [4.69, 9.17) is 17.3 Å². The summed E-state index contributed by atoms with van der Waals surface area (Å²) >= 11 is 5.06. The first-order valence-electron chi connectivity index (χ1n) is 4.90. The Bertz CT molecular complexity index is 387. The van der Waals surface area contributed by atoms with Crippen LogP contribution in [0.5, 0.6) is 0 Å². The molecule has 0 unspecified atom stereocenters. The highest BCUT2D eigenvalue weighted by Crippen LogP contribution is 2.09. The first kappa shape index (κ1) is 12.4. The lowest BCUT2D eigenvalue weighted by molar-refractivity contribution is 0.0697. The predicted octanol–water partition coefficient (Wildman–Crippen LogP) is 2.08. The summed E-state index contributed by atoms with van der Waals surface area (Å²) in [6.07, 6.45) is 0. The molecule has 3 N–H and O–H groups in total. The molecule has 1 aromatic rings. The Morgan fingerprint density at radius 2 is 1.88 bits per heavy atom. The Balaban J connectivity index is 2.62. The molecule has 0 amide bonds. The van der Waals surface area contributed by atoms with Crippen LogP contribution in [-0.4, -0.2) is 22.2 Å². The molecule has 0 radical (unpaired) electrons. The van der Waals surface area contributed by atoms with Gasteiger partial charge in [-0.2, -0.15) is 0 Å². The molecule has 0 fully saturated rings. The van der Waals surface area contributed by atoms with E-state index in [0.29, 0.717) is 5.11 Å². The Labute approximate surface area is 99.7 Å². The van der Waals surface area contributed by atoms with E-state index in [9.17, 15) is 4.79 Å². The lowest BCUT2D eigenvalue weighted by atomic mass is 10.2. The van der Waals surface area contributed by atoms with E-state index in [1.807, 2.05) is 13.8 Å². The van der Waals surface area contributed by atoms with Crippen molar-refractivity contribution in [2.24, 2.45) is 0 Å². The van der Waals surface area contributed by atoms with Crippen molar-refractivity contribution >= 4 is 29.0 Å². The molecule has 4 nitrogen and oxygen atoms in total. The lowest BCUT2D eigenvalue weighted by Gasteiger charge is -2.12. The summed E-state index contributed by atoms with van der Waals surface area (Å²) in [5.41, 5.74) is 1.02. The highest BCUT2D eigenvalue weighted by atomic mass is 32.1. The van der Waals surface area contributed by atoms with E-state index < -0.39 is 5.97 Å². The number of carboxylic acids is 1. The zero-order valence-electron chi connectivity index (χ0n) is 9.15. The van der Waals surface area contributed by atoms with Crippen molar-refractivity contribution in [1.29, 1.82) is 0 Å². The highest BCUT2D eigenvalue weighted by molar-refractivity contribution is 7.80. The van der Waals surface area contributed by atoms with Crippen LogP contribution in [0.4, 0.5) is 5.69 Å². The fourth-order valence-electron chi connectivity index (χ4n) is 1.13. The van der Waals surface area contributed by atoms with Gasteiger partial charge < -0.3 is 15.7 Å². The average molecular weight is 238 g/mol. The average Bonchev–Trinajstić information content (AvgIpc) is 2.16. The number of carboxylic acid groups (broad SMARTS) is 1. The van der Waals surface area contributed by atoms with Gasteiger partial charge in [0, 0.05) is 11.7 Å². The van der Waals surface area contributed by atoms with Crippen LogP contribution in [0.2, 0.25) is 0 Å². The summed E-state index contributed by atoms with van der Waals surface area (Å²) in [6.45, 7) is 3.98. The molecule has 0 aromatic heterocycles. The third kappa shape index (κ3) is 3.86. The number of hydrogen-bond donors (Lipinski definition) is 3. The van der Waals surface area contributed by atoms with Crippen molar-refractivity contribution in [2.45, 2.75) is 19.9 Å². The predicted molar refractivity (Wildman–Crippen MR) is 67.9 cm³/mol. The van der Waals surface area contributed by atoms with Crippen molar-refractivity contribution in [3.8, 4) is 0 Å². The number of rotatable bonds is 3. The standard InChI is InChI=1S/C11H14N2O2S/c1-7(2)12-11(16)13-9-5-3-8(4-6-9)10(14)15/h3-7H,1-2H3,(H,14,15)(H2,12,13,16). The van der Waals surface area contributed by atoms with Gasteiger partial charge >= 0.3 is 5.97 Å². The van der Waals surface area contributed by atoms with Crippen LogP contribution >= 0.6 is 12.2 Å². The molecule has 0 spiro atoms. The van der Waals surface area contributed by atoms with Crippen LogP contribution in [0.3, 0.4) is 0 Å². The largest absolute Gasteiger partial charge is 0.478 e. The zero-order chi connectivity index (χ0) is 12.1. The van der Waals surface area contributed by atoms with Gasteiger partial charge in [-0.3, -0.25) is 0 Å². The van der Waals surface area contributed by atoms with E-state index in [2.05, 4.69) is 10.6 Å². The Hall–Kier alpha value is -1.62. The van der Waals surface area contributed by atoms with Gasteiger partial charge in [0.25, 0.3) is 0 Å². The maximum Gasteiger partial charge on any atom is 0.335 e. The minimum absolute atomic E-state index is 0.258. The highest BCUT2D eigenvalue weighted by Gasteiger charge is 2.03. The molecule has 1 rings (SSSR count).